The predicted octanol–water partition coefficient (Wildman–Crippen LogP) is 3.06. The smallest absolute Gasteiger partial charge is 0.251 e. The third kappa shape index (κ3) is 5.16. The first-order valence-electron chi connectivity index (χ1n) is 8.47. The molecule has 2 amide bonds. The first-order chi connectivity index (χ1) is 12.1. The molecular weight excluding hydrogens is 316 g/mol. The summed E-state index contributed by atoms with van der Waals surface area (Å²) in [6.07, 6.45) is 1.31. The van der Waals surface area contributed by atoms with Crippen LogP contribution in [-0.2, 0) is 11.2 Å². The zero-order chi connectivity index (χ0) is 18.2. The number of aliphatic hydroxyl groups excluding tert-OH is 1. The summed E-state index contributed by atoms with van der Waals surface area (Å²) in [4.78, 5) is 24.0. The molecule has 25 heavy (non-hydrogen) atoms. The Morgan fingerprint density at radius 3 is 2.40 bits per heavy atom. The average Bonchev–Trinajstić information content (AvgIpc) is 2.66. The van der Waals surface area contributed by atoms with Crippen LogP contribution in [0.3, 0.4) is 0 Å². The molecule has 0 fully saturated rings. The average molecular weight is 340 g/mol. The molecule has 0 heterocycles. The summed E-state index contributed by atoms with van der Waals surface area (Å²) in [6.45, 7) is 3.65. The van der Waals surface area contributed by atoms with Gasteiger partial charge in [-0.1, -0.05) is 44.2 Å². The molecule has 5 nitrogen and oxygen atoms in total. The molecule has 0 bridgehead atoms. The molecule has 132 valence electrons. The van der Waals surface area contributed by atoms with Crippen molar-refractivity contribution in [3.63, 3.8) is 0 Å². The number of aryl methyl sites for hydroxylation is 1. The predicted molar refractivity (Wildman–Crippen MR) is 98.5 cm³/mol. The fourth-order valence-electron chi connectivity index (χ4n) is 2.45. The largest absolute Gasteiger partial charge is 0.394 e. The van der Waals surface area contributed by atoms with Crippen molar-refractivity contribution < 1.29 is 14.7 Å². The molecule has 0 aromatic heterocycles. The molecule has 5 heteroatoms. The van der Waals surface area contributed by atoms with Crippen LogP contribution in [0, 0.1) is 0 Å². The van der Waals surface area contributed by atoms with Crippen LogP contribution in [0.1, 0.15) is 47.8 Å². The summed E-state index contributed by atoms with van der Waals surface area (Å²) in [5.74, 6) is -0.409. The van der Waals surface area contributed by atoms with Gasteiger partial charge in [0, 0.05) is 17.7 Å². The highest BCUT2D eigenvalue weighted by Gasteiger charge is 2.15. The van der Waals surface area contributed by atoms with Crippen LogP contribution in [-0.4, -0.2) is 23.5 Å². The van der Waals surface area contributed by atoms with E-state index in [1.807, 2.05) is 24.3 Å². The molecule has 0 aliphatic carbocycles. The Morgan fingerprint density at radius 1 is 1.08 bits per heavy atom. The number of benzene rings is 2. The number of nitrogens with one attached hydrogen (secondary N) is 2. The third-order valence-corrected chi connectivity index (χ3v) is 4.01. The quantitative estimate of drug-likeness (QED) is 0.725. The molecule has 0 spiro atoms. The lowest BCUT2D eigenvalue weighted by Gasteiger charge is -2.17. The summed E-state index contributed by atoms with van der Waals surface area (Å²) in [7, 11) is 0. The SMILES string of the molecule is CCC(=O)Nc1cccc(C(=O)NC(CO)c2ccc(CC)cc2)c1. The molecule has 0 radical (unpaired) electrons. The highest BCUT2D eigenvalue weighted by molar-refractivity contribution is 5.97. The molecule has 2 aromatic rings. The fraction of sp³-hybridized carbons (Fsp3) is 0.300. The number of anilines is 1. The Bertz CT molecular complexity index is 726. The Hall–Kier alpha value is -2.66. The van der Waals surface area contributed by atoms with Gasteiger partial charge in [-0.15, -0.1) is 0 Å². The number of hydrogen-bond acceptors (Lipinski definition) is 3. The second-order valence-electron chi connectivity index (χ2n) is 5.79. The molecular formula is C20H24N2O3. The van der Waals surface area contributed by atoms with Crippen LogP contribution in [0.5, 0.6) is 0 Å². The Morgan fingerprint density at radius 2 is 1.80 bits per heavy atom. The van der Waals surface area contributed by atoms with Gasteiger partial charge in [0.05, 0.1) is 12.6 Å². The molecule has 2 rings (SSSR count). The monoisotopic (exact) mass is 340 g/mol. The van der Waals surface area contributed by atoms with Crippen molar-refractivity contribution in [2.75, 3.05) is 11.9 Å². The van der Waals surface area contributed by atoms with Crippen LogP contribution in [0.2, 0.25) is 0 Å². The van der Waals surface area contributed by atoms with Gasteiger partial charge >= 0.3 is 0 Å². The maximum atomic E-state index is 12.5. The third-order valence-electron chi connectivity index (χ3n) is 4.01. The minimum absolute atomic E-state index is 0.109. The lowest BCUT2D eigenvalue weighted by atomic mass is 10.0. The van der Waals surface area contributed by atoms with E-state index in [0.717, 1.165) is 12.0 Å². The van der Waals surface area contributed by atoms with Crippen LogP contribution >= 0.6 is 0 Å². The van der Waals surface area contributed by atoms with Crippen molar-refractivity contribution in [1.82, 2.24) is 5.32 Å². The highest BCUT2D eigenvalue weighted by atomic mass is 16.3. The van der Waals surface area contributed by atoms with E-state index >= 15 is 0 Å². The van der Waals surface area contributed by atoms with Gasteiger partial charge in [0.2, 0.25) is 5.91 Å². The first-order valence-corrected chi connectivity index (χ1v) is 8.47. The van der Waals surface area contributed by atoms with Crippen molar-refractivity contribution in [1.29, 1.82) is 0 Å². The second kappa shape index (κ2) is 8.99. The van der Waals surface area contributed by atoms with Gasteiger partial charge in [-0.2, -0.15) is 0 Å². The topological polar surface area (TPSA) is 78.4 Å². The first kappa shape index (κ1) is 18.7. The number of rotatable bonds is 7. The summed E-state index contributed by atoms with van der Waals surface area (Å²) < 4.78 is 0. The highest BCUT2D eigenvalue weighted by Crippen LogP contribution is 2.16. The molecule has 2 aromatic carbocycles. The normalized spacial score (nSPS) is 11.6. The number of carbonyl (C=O) groups is 2. The minimum Gasteiger partial charge on any atom is -0.394 e. The maximum absolute atomic E-state index is 12.5. The summed E-state index contributed by atoms with van der Waals surface area (Å²) in [6, 6.07) is 14.1. The van der Waals surface area contributed by atoms with E-state index in [0.29, 0.717) is 17.7 Å². The van der Waals surface area contributed by atoms with Gasteiger partial charge in [0.25, 0.3) is 5.91 Å². The molecule has 1 atom stereocenters. The molecule has 0 saturated heterocycles. The van der Waals surface area contributed by atoms with Gasteiger partial charge in [-0.05, 0) is 35.7 Å². The Labute approximate surface area is 148 Å². The van der Waals surface area contributed by atoms with Gasteiger partial charge in [-0.3, -0.25) is 9.59 Å². The van der Waals surface area contributed by atoms with Crippen LogP contribution in [0.15, 0.2) is 48.5 Å². The maximum Gasteiger partial charge on any atom is 0.251 e. The Kier molecular flexibility index (Phi) is 6.71. The summed E-state index contributed by atoms with van der Waals surface area (Å²) in [5, 5.41) is 15.2. The van der Waals surface area contributed by atoms with Gasteiger partial charge in [-0.25, -0.2) is 0 Å². The van der Waals surface area contributed by atoms with Crippen LogP contribution in [0.4, 0.5) is 5.69 Å². The molecule has 0 aliphatic rings. The molecule has 1 unspecified atom stereocenters. The second-order valence-corrected chi connectivity index (χ2v) is 5.79. The van der Waals surface area contributed by atoms with E-state index in [9.17, 15) is 14.7 Å². The van der Waals surface area contributed by atoms with Crippen molar-refractivity contribution in [3.05, 3.63) is 65.2 Å². The number of hydrogen-bond donors (Lipinski definition) is 3. The lowest BCUT2D eigenvalue weighted by molar-refractivity contribution is -0.115. The van der Waals surface area contributed by atoms with Crippen LogP contribution in [0.25, 0.3) is 0 Å². The van der Waals surface area contributed by atoms with Crippen molar-refractivity contribution >= 4 is 17.5 Å². The summed E-state index contributed by atoms with van der Waals surface area (Å²) >= 11 is 0. The van der Waals surface area contributed by atoms with Gasteiger partial charge in [0.1, 0.15) is 0 Å². The number of aliphatic hydroxyl groups is 1. The standard InChI is InChI=1S/C20H24N2O3/c1-3-14-8-10-15(11-9-14)18(13-23)22-20(25)16-6-5-7-17(12-16)21-19(24)4-2/h5-12,18,23H,3-4,13H2,1-2H3,(H,21,24)(H,22,25). The van der Waals surface area contributed by atoms with E-state index in [4.69, 9.17) is 0 Å². The van der Waals surface area contributed by atoms with E-state index in [2.05, 4.69) is 17.6 Å². The van der Waals surface area contributed by atoms with E-state index in [1.54, 1.807) is 31.2 Å². The molecule has 0 aliphatic heterocycles. The van der Waals surface area contributed by atoms with E-state index < -0.39 is 6.04 Å². The lowest BCUT2D eigenvalue weighted by Crippen LogP contribution is -2.30. The van der Waals surface area contributed by atoms with Gasteiger partial charge in [0.15, 0.2) is 0 Å². The minimum atomic E-state index is -0.479. The number of amides is 2. The van der Waals surface area contributed by atoms with Crippen molar-refractivity contribution in [3.8, 4) is 0 Å². The van der Waals surface area contributed by atoms with E-state index in [-0.39, 0.29) is 18.4 Å². The molecule has 0 saturated carbocycles. The van der Waals surface area contributed by atoms with Crippen LogP contribution < -0.4 is 10.6 Å². The summed E-state index contributed by atoms with van der Waals surface area (Å²) in [5.41, 5.74) is 3.06. The van der Waals surface area contributed by atoms with Crippen molar-refractivity contribution in [2.45, 2.75) is 32.7 Å². The zero-order valence-corrected chi connectivity index (χ0v) is 14.6. The number of carbonyl (C=O) groups excluding carboxylic acids is 2. The fourth-order valence-corrected chi connectivity index (χ4v) is 2.45. The molecule has 3 N–H and O–H groups in total. The van der Waals surface area contributed by atoms with Crippen molar-refractivity contribution in [2.24, 2.45) is 0 Å². The Balaban J connectivity index is 2.10. The van der Waals surface area contributed by atoms with Gasteiger partial charge < -0.3 is 15.7 Å². The zero-order valence-electron chi connectivity index (χ0n) is 14.6. The van der Waals surface area contributed by atoms with E-state index in [1.165, 1.54) is 5.56 Å².